The summed E-state index contributed by atoms with van der Waals surface area (Å²) in [6, 6.07) is 8.60. The lowest BCUT2D eigenvalue weighted by molar-refractivity contribution is -0.385. The number of rotatable bonds is 14. The standard InChI is InChI=1S/C27H39N3O5/c1-2-16-29(22-9-10-23-21(19-22)8-12-26(32)27(23)33)17-6-4-3-5-14-28-15-13-20-7-11-25(31)24(18-20)30(34)35/h7-8,11-12,18,22,28,31-33H,2-6,9-10,13-17,19H2,1H3/t22-/m0/s1. The van der Waals surface area contributed by atoms with E-state index >= 15 is 0 Å². The van der Waals surface area contributed by atoms with E-state index < -0.39 is 4.92 Å². The van der Waals surface area contributed by atoms with Crippen molar-refractivity contribution < 1.29 is 20.2 Å². The molecule has 2 aromatic rings. The largest absolute Gasteiger partial charge is 0.504 e. The normalized spacial score (nSPS) is 15.3. The van der Waals surface area contributed by atoms with Gasteiger partial charge in [0.05, 0.1) is 4.92 Å². The molecule has 1 aliphatic carbocycles. The van der Waals surface area contributed by atoms with Gasteiger partial charge in [-0.25, -0.2) is 0 Å². The maximum absolute atomic E-state index is 10.9. The van der Waals surface area contributed by atoms with Crippen LogP contribution in [0.5, 0.6) is 17.2 Å². The molecule has 3 rings (SSSR count). The quantitative estimate of drug-likeness (QED) is 0.133. The van der Waals surface area contributed by atoms with Gasteiger partial charge in [0.1, 0.15) is 0 Å². The van der Waals surface area contributed by atoms with Gasteiger partial charge in [-0.2, -0.15) is 0 Å². The molecule has 0 radical (unpaired) electrons. The zero-order valence-electron chi connectivity index (χ0n) is 20.7. The fourth-order valence-corrected chi connectivity index (χ4v) is 5.03. The smallest absolute Gasteiger partial charge is 0.310 e. The van der Waals surface area contributed by atoms with Crippen LogP contribution < -0.4 is 5.32 Å². The Morgan fingerprint density at radius 1 is 1.03 bits per heavy atom. The number of fused-ring (bicyclic) bond motifs is 1. The minimum Gasteiger partial charge on any atom is -0.504 e. The highest BCUT2D eigenvalue weighted by Crippen LogP contribution is 2.36. The van der Waals surface area contributed by atoms with Crippen LogP contribution in [-0.2, 0) is 19.3 Å². The van der Waals surface area contributed by atoms with Gasteiger partial charge in [0, 0.05) is 17.7 Å². The van der Waals surface area contributed by atoms with Crippen LogP contribution in [0, 0.1) is 10.1 Å². The zero-order valence-corrected chi connectivity index (χ0v) is 20.7. The molecule has 8 heteroatoms. The Hall–Kier alpha value is -2.84. The topological polar surface area (TPSA) is 119 Å². The summed E-state index contributed by atoms with van der Waals surface area (Å²) >= 11 is 0. The molecular weight excluding hydrogens is 446 g/mol. The fourth-order valence-electron chi connectivity index (χ4n) is 5.03. The third-order valence-electron chi connectivity index (χ3n) is 6.94. The molecule has 2 aromatic carbocycles. The molecule has 0 heterocycles. The van der Waals surface area contributed by atoms with Crippen molar-refractivity contribution in [3.8, 4) is 17.2 Å². The van der Waals surface area contributed by atoms with Gasteiger partial charge < -0.3 is 25.5 Å². The Morgan fingerprint density at radius 2 is 1.80 bits per heavy atom. The van der Waals surface area contributed by atoms with Crippen molar-refractivity contribution in [3.05, 3.63) is 57.1 Å². The van der Waals surface area contributed by atoms with E-state index in [4.69, 9.17) is 0 Å². The Balaban J connectivity index is 1.31. The van der Waals surface area contributed by atoms with Gasteiger partial charge in [-0.1, -0.05) is 31.9 Å². The Kier molecular flexibility index (Phi) is 10.2. The summed E-state index contributed by atoms with van der Waals surface area (Å²) in [4.78, 5) is 13.0. The number of nitro groups is 1. The molecule has 0 aromatic heterocycles. The number of nitro benzene ring substituents is 1. The first-order valence-electron chi connectivity index (χ1n) is 12.8. The van der Waals surface area contributed by atoms with Crippen molar-refractivity contribution in [2.24, 2.45) is 0 Å². The Bertz CT molecular complexity index is 982. The molecule has 192 valence electrons. The van der Waals surface area contributed by atoms with E-state index in [9.17, 15) is 25.4 Å². The van der Waals surface area contributed by atoms with Crippen molar-refractivity contribution >= 4 is 5.69 Å². The van der Waals surface area contributed by atoms with E-state index in [1.165, 1.54) is 25.0 Å². The van der Waals surface area contributed by atoms with Gasteiger partial charge >= 0.3 is 5.69 Å². The number of hydrogen-bond donors (Lipinski definition) is 4. The Labute approximate surface area is 207 Å². The van der Waals surface area contributed by atoms with E-state index in [0.29, 0.717) is 12.5 Å². The Morgan fingerprint density at radius 3 is 2.57 bits per heavy atom. The lowest BCUT2D eigenvalue weighted by Gasteiger charge is -2.35. The molecule has 0 bridgehead atoms. The second-order valence-corrected chi connectivity index (χ2v) is 9.50. The predicted octanol–water partition coefficient (Wildman–Crippen LogP) is 4.67. The van der Waals surface area contributed by atoms with Gasteiger partial charge in [0.15, 0.2) is 17.2 Å². The van der Waals surface area contributed by atoms with E-state index in [2.05, 4.69) is 17.1 Å². The van der Waals surface area contributed by atoms with Crippen molar-refractivity contribution in [2.75, 3.05) is 26.2 Å². The van der Waals surface area contributed by atoms with Gasteiger partial charge in [-0.15, -0.1) is 0 Å². The lowest BCUT2D eigenvalue weighted by Crippen LogP contribution is -2.40. The number of unbranched alkanes of at least 4 members (excludes halogenated alkanes) is 3. The molecule has 0 spiro atoms. The average molecular weight is 486 g/mol. The van der Waals surface area contributed by atoms with E-state index in [1.54, 1.807) is 12.1 Å². The van der Waals surface area contributed by atoms with Crippen LogP contribution in [0.25, 0.3) is 0 Å². The van der Waals surface area contributed by atoms with Crippen LogP contribution in [0.4, 0.5) is 5.69 Å². The second-order valence-electron chi connectivity index (χ2n) is 9.50. The highest BCUT2D eigenvalue weighted by atomic mass is 16.6. The van der Waals surface area contributed by atoms with Gasteiger partial charge in [0.2, 0.25) is 0 Å². The molecule has 0 fully saturated rings. The minimum absolute atomic E-state index is 0.0218. The monoisotopic (exact) mass is 485 g/mol. The molecule has 4 N–H and O–H groups in total. The number of nitrogens with one attached hydrogen (secondary N) is 1. The molecule has 0 unspecified atom stereocenters. The SMILES string of the molecule is CCCN(CCCCCCNCCc1ccc(O)c([N+](=O)[O-])c1)[C@H]1CCc2c(ccc(O)c2O)C1. The number of phenolic OH excluding ortho intramolecular Hbond substituents is 3. The first kappa shape index (κ1) is 26.8. The molecule has 0 amide bonds. The van der Waals surface area contributed by atoms with Crippen LogP contribution in [-0.4, -0.2) is 57.4 Å². The van der Waals surface area contributed by atoms with Gasteiger partial charge in [-0.3, -0.25) is 10.1 Å². The first-order chi connectivity index (χ1) is 16.9. The number of aromatic hydroxyl groups is 3. The molecule has 0 aliphatic heterocycles. The summed E-state index contributed by atoms with van der Waals surface area (Å²) in [7, 11) is 0. The summed E-state index contributed by atoms with van der Waals surface area (Å²) in [5.74, 6) is -0.260. The molecule has 0 saturated carbocycles. The molecular formula is C27H39N3O5. The van der Waals surface area contributed by atoms with Crippen molar-refractivity contribution in [1.29, 1.82) is 0 Å². The molecule has 0 saturated heterocycles. The first-order valence-corrected chi connectivity index (χ1v) is 12.8. The number of phenols is 3. The molecule has 35 heavy (non-hydrogen) atoms. The minimum atomic E-state index is -0.558. The number of nitrogens with zero attached hydrogens (tertiary/aromatic N) is 2. The number of hydrogen-bond acceptors (Lipinski definition) is 7. The van der Waals surface area contributed by atoms with Crippen LogP contribution in [0.3, 0.4) is 0 Å². The fraction of sp³-hybridized carbons (Fsp3) is 0.556. The summed E-state index contributed by atoms with van der Waals surface area (Å²) in [5, 5.41) is 43.8. The highest BCUT2D eigenvalue weighted by molar-refractivity contribution is 5.50. The molecule has 1 aliphatic rings. The van der Waals surface area contributed by atoms with E-state index in [1.807, 2.05) is 6.07 Å². The maximum Gasteiger partial charge on any atom is 0.310 e. The highest BCUT2D eigenvalue weighted by Gasteiger charge is 2.26. The van der Waals surface area contributed by atoms with Crippen molar-refractivity contribution in [3.63, 3.8) is 0 Å². The van der Waals surface area contributed by atoms with Crippen molar-refractivity contribution in [1.82, 2.24) is 10.2 Å². The van der Waals surface area contributed by atoms with Gasteiger partial charge in [0.25, 0.3) is 0 Å². The van der Waals surface area contributed by atoms with Crippen LogP contribution >= 0.6 is 0 Å². The summed E-state index contributed by atoms with van der Waals surface area (Å²) in [6.07, 6.45) is 9.18. The average Bonchev–Trinajstić information content (AvgIpc) is 2.85. The predicted molar refractivity (Wildman–Crippen MR) is 137 cm³/mol. The van der Waals surface area contributed by atoms with Crippen LogP contribution in [0.15, 0.2) is 30.3 Å². The second kappa shape index (κ2) is 13.3. The third kappa shape index (κ3) is 7.57. The van der Waals surface area contributed by atoms with Crippen LogP contribution in [0.2, 0.25) is 0 Å². The molecule has 1 atom stereocenters. The molecule has 8 nitrogen and oxygen atoms in total. The van der Waals surface area contributed by atoms with E-state index in [-0.39, 0.29) is 22.9 Å². The lowest BCUT2D eigenvalue weighted by atomic mass is 9.86. The third-order valence-corrected chi connectivity index (χ3v) is 6.94. The van der Waals surface area contributed by atoms with Crippen LogP contribution in [0.1, 0.15) is 62.1 Å². The van der Waals surface area contributed by atoms with E-state index in [0.717, 1.165) is 81.4 Å². The van der Waals surface area contributed by atoms with Gasteiger partial charge in [-0.05, 0) is 94.4 Å². The summed E-state index contributed by atoms with van der Waals surface area (Å²) < 4.78 is 0. The number of benzene rings is 2. The summed E-state index contributed by atoms with van der Waals surface area (Å²) in [5.41, 5.74) is 2.67. The van der Waals surface area contributed by atoms with Crippen molar-refractivity contribution in [2.45, 2.75) is 70.8 Å². The summed E-state index contributed by atoms with van der Waals surface area (Å²) in [6.45, 7) is 6.07. The zero-order chi connectivity index (χ0) is 25.2. The maximum atomic E-state index is 10.9.